The number of rotatable bonds is 8. The molecule has 1 amide bonds. The summed E-state index contributed by atoms with van der Waals surface area (Å²) in [6.45, 7) is 4.86. The number of ether oxygens (including phenoxy) is 2. The van der Waals surface area contributed by atoms with Crippen molar-refractivity contribution >= 4 is 21.8 Å². The minimum atomic E-state index is 0.137. The van der Waals surface area contributed by atoms with Crippen LogP contribution in [0, 0.1) is 0 Å². The molecule has 0 atom stereocenters. The smallest absolute Gasteiger partial charge is 0.227 e. The molecular formula is C16H24BrNO3. The molecule has 0 N–H and O–H groups in total. The SMILES string of the molecule is COc1ccc(CC(=O)N(CCCBr)C(C)C)cc1OC. The lowest BCUT2D eigenvalue weighted by Gasteiger charge is -2.26. The molecule has 1 aromatic carbocycles. The second-order valence-electron chi connectivity index (χ2n) is 5.09. The average molecular weight is 358 g/mol. The summed E-state index contributed by atoms with van der Waals surface area (Å²) in [6.07, 6.45) is 1.33. The first-order chi connectivity index (χ1) is 10.0. The topological polar surface area (TPSA) is 38.8 Å². The lowest BCUT2D eigenvalue weighted by molar-refractivity contribution is -0.132. The highest BCUT2D eigenvalue weighted by Gasteiger charge is 2.17. The van der Waals surface area contributed by atoms with E-state index >= 15 is 0 Å². The molecule has 0 aliphatic rings. The van der Waals surface area contributed by atoms with Crippen LogP contribution in [0.5, 0.6) is 11.5 Å². The van der Waals surface area contributed by atoms with Gasteiger partial charge in [-0.05, 0) is 38.0 Å². The molecule has 0 fully saturated rings. The Morgan fingerprint density at radius 2 is 1.90 bits per heavy atom. The molecule has 4 nitrogen and oxygen atoms in total. The molecule has 5 heteroatoms. The second kappa shape index (κ2) is 8.93. The highest BCUT2D eigenvalue weighted by molar-refractivity contribution is 9.09. The molecular weight excluding hydrogens is 334 g/mol. The molecule has 0 saturated carbocycles. The van der Waals surface area contributed by atoms with E-state index in [1.165, 1.54) is 0 Å². The first kappa shape index (κ1) is 17.8. The number of amides is 1. The summed E-state index contributed by atoms with van der Waals surface area (Å²) in [5.74, 6) is 1.46. The Morgan fingerprint density at radius 3 is 2.43 bits per heavy atom. The van der Waals surface area contributed by atoms with Crippen LogP contribution in [-0.4, -0.2) is 42.9 Å². The van der Waals surface area contributed by atoms with Crippen LogP contribution in [-0.2, 0) is 11.2 Å². The van der Waals surface area contributed by atoms with Crippen molar-refractivity contribution in [2.75, 3.05) is 26.1 Å². The Bertz CT molecular complexity index is 463. The van der Waals surface area contributed by atoms with Gasteiger partial charge in [-0.1, -0.05) is 22.0 Å². The van der Waals surface area contributed by atoms with Gasteiger partial charge in [-0.3, -0.25) is 4.79 Å². The molecule has 1 rings (SSSR count). The number of alkyl halides is 1. The van der Waals surface area contributed by atoms with Crippen LogP contribution in [0.1, 0.15) is 25.8 Å². The summed E-state index contributed by atoms with van der Waals surface area (Å²) in [4.78, 5) is 14.4. The lowest BCUT2D eigenvalue weighted by atomic mass is 10.1. The minimum Gasteiger partial charge on any atom is -0.493 e. The number of halogens is 1. The van der Waals surface area contributed by atoms with Gasteiger partial charge in [0.05, 0.1) is 20.6 Å². The predicted molar refractivity (Wildman–Crippen MR) is 88.5 cm³/mol. The Hall–Kier alpha value is -1.23. The summed E-state index contributed by atoms with van der Waals surface area (Å²) in [5.41, 5.74) is 0.933. The predicted octanol–water partition coefficient (Wildman–Crippen LogP) is 3.27. The number of methoxy groups -OCH3 is 2. The van der Waals surface area contributed by atoms with Gasteiger partial charge in [0.25, 0.3) is 0 Å². The van der Waals surface area contributed by atoms with Gasteiger partial charge >= 0.3 is 0 Å². The maximum atomic E-state index is 12.5. The largest absolute Gasteiger partial charge is 0.493 e. The monoisotopic (exact) mass is 357 g/mol. The first-order valence-electron chi connectivity index (χ1n) is 7.09. The van der Waals surface area contributed by atoms with Gasteiger partial charge in [-0.15, -0.1) is 0 Å². The number of benzene rings is 1. The second-order valence-corrected chi connectivity index (χ2v) is 5.88. The van der Waals surface area contributed by atoms with Crippen molar-refractivity contribution in [1.82, 2.24) is 4.90 Å². The number of carbonyl (C=O) groups excluding carboxylic acids is 1. The van der Waals surface area contributed by atoms with E-state index in [0.29, 0.717) is 17.9 Å². The summed E-state index contributed by atoms with van der Waals surface area (Å²) < 4.78 is 10.5. The molecule has 21 heavy (non-hydrogen) atoms. The van der Waals surface area contributed by atoms with Crippen LogP contribution < -0.4 is 9.47 Å². The number of nitrogens with zero attached hydrogens (tertiary/aromatic N) is 1. The Balaban J connectivity index is 2.80. The third-order valence-corrected chi connectivity index (χ3v) is 3.84. The van der Waals surface area contributed by atoms with Gasteiger partial charge in [0, 0.05) is 17.9 Å². The van der Waals surface area contributed by atoms with Crippen molar-refractivity contribution in [3.8, 4) is 11.5 Å². The zero-order chi connectivity index (χ0) is 15.8. The fourth-order valence-electron chi connectivity index (χ4n) is 2.17. The molecule has 0 aromatic heterocycles. The van der Waals surface area contributed by atoms with Gasteiger partial charge in [0.15, 0.2) is 11.5 Å². The standard InChI is InChI=1S/C16H24BrNO3/c1-12(2)18(9-5-8-17)16(19)11-13-6-7-14(20-3)15(10-13)21-4/h6-7,10,12H,5,8-9,11H2,1-4H3. The van der Waals surface area contributed by atoms with E-state index in [9.17, 15) is 4.79 Å². The molecule has 0 heterocycles. The molecule has 118 valence electrons. The Morgan fingerprint density at radius 1 is 1.24 bits per heavy atom. The quantitative estimate of drug-likeness (QED) is 0.670. The Kier molecular flexibility index (Phi) is 7.57. The van der Waals surface area contributed by atoms with E-state index in [-0.39, 0.29) is 11.9 Å². The molecule has 0 radical (unpaired) electrons. The molecule has 0 bridgehead atoms. The zero-order valence-electron chi connectivity index (χ0n) is 13.2. The maximum Gasteiger partial charge on any atom is 0.227 e. The average Bonchev–Trinajstić information content (AvgIpc) is 2.47. The number of carbonyl (C=O) groups is 1. The summed E-state index contributed by atoms with van der Waals surface area (Å²) >= 11 is 3.41. The van der Waals surface area contributed by atoms with Crippen LogP contribution in [0.25, 0.3) is 0 Å². The van der Waals surface area contributed by atoms with Gasteiger partial charge in [0.1, 0.15) is 0 Å². The van der Waals surface area contributed by atoms with Gasteiger partial charge in [-0.2, -0.15) is 0 Å². The van der Waals surface area contributed by atoms with Crippen LogP contribution in [0.2, 0.25) is 0 Å². The highest BCUT2D eigenvalue weighted by Crippen LogP contribution is 2.27. The lowest BCUT2D eigenvalue weighted by Crippen LogP contribution is -2.38. The molecule has 0 unspecified atom stereocenters. The zero-order valence-corrected chi connectivity index (χ0v) is 14.8. The van der Waals surface area contributed by atoms with Crippen LogP contribution in [0.3, 0.4) is 0 Å². The molecule has 0 spiro atoms. The normalized spacial score (nSPS) is 10.6. The van der Waals surface area contributed by atoms with Crippen molar-refractivity contribution in [3.05, 3.63) is 23.8 Å². The van der Waals surface area contributed by atoms with Gasteiger partial charge in [0.2, 0.25) is 5.91 Å². The molecule has 0 saturated heterocycles. The van der Waals surface area contributed by atoms with E-state index in [1.54, 1.807) is 14.2 Å². The van der Waals surface area contributed by atoms with Gasteiger partial charge in [-0.25, -0.2) is 0 Å². The van der Waals surface area contributed by atoms with E-state index < -0.39 is 0 Å². The fourth-order valence-corrected chi connectivity index (χ4v) is 2.42. The Labute approximate surface area is 135 Å². The van der Waals surface area contributed by atoms with Crippen molar-refractivity contribution in [3.63, 3.8) is 0 Å². The van der Waals surface area contributed by atoms with Crippen molar-refractivity contribution < 1.29 is 14.3 Å². The van der Waals surface area contributed by atoms with Crippen LogP contribution in [0.15, 0.2) is 18.2 Å². The highest BCUT2D eigenvalue weighted by atomic mass is 79.9. The van der Waals surface area contributed by atoms with Crippen LogP contribution in [0.4, 0.5) is 0 Å². The fraction of sp³-hybridized carbons (Fsp3) is 0.562. The van der Waals surface area contributed by atoms with Crippen molar-refractivity contribution in [2.45, 2.75) is 32.7 Å². The minimum absolute atomic E-state index is 0.137. The summed E-state index contributed by atoms with van der Waals surface area (Å²) in [6, 6.07) is 5.80. The van der Waals surface area contributed by atoms with Gasteiger partial charge < -0.3 is 14.4 Å². The van der Waals surface area contributed by atoms with E-state index in [4.69, 9.17) is 9.47 Å². The maximum absolute atomic E-state index is 12.5. The number of hydrogen-bond acceptors (Lipinski definition) is 3. The van der Waals surface area contributed by atoms with E-state index in [0.717, 1.165) is 23.9 Å². The third kappa shape index (κ3) is 5.23. The van der Waals surface area contributed by atoms with Crippen molar-refractivity contribution in [1.29, 1.82) is 0 Å². The van der Waals surface area contributed by atoms with E-state index in [1.807, 2.05) is 36.9 Å². The number of hydrogen-bond donors (Lipinski definition) is 0. The molecule has 0 aliphatic heterocycles. The third-order valence-electron chi connectivity index (χ3n) is 3.28. The summed E-state index contributed by atoms with van der Waals surface area (Å²) in [5, 5.41) is 0.903. The van der Waals surface area contributed by atoms with Crippen molar-refractivity contribution in [2.24, 2.45) is 0 Å². The molecule has 0 aliphatic carbocycles. The van der Waals surface area contributed by atoms with Crippen LogP contribution >= 0.6 is 15.9 Å². The summed E-state index contributed by atoms with van der Waals surface area (Å²) in [7, 11) is 3.20. The first-order valence-corrected chi connectivity index (χ1v) is 8.22. The molecule has 1 aromatic rings. The van der Waals surface area contributed by atoms with E-state index in [2.05, 4.69) is 15.9 Å².